The van der Waals surface area contributed by atoms with E-state index in [1.165, 1.54) is 49.3 Å². The molecule has 0 saturated heterocycles. The van der Waals surface area contributed by atoms with E-state index in [4.69, 9.17) is 4.42 Å². The molecule has 0 unspecified atom stereocenters. The van der Waals surface area contributed by atoms with Crippen LogP contribution in [0.5, 0.6) is 0 Å². The van der Waals surface area contributed by atoms with Crippen LogP contribution >= 0.6 is 0 Å². The summed E-state index contributed by atoms with van der Waals surface area (Å²) in [6.45, 7) is 0. The number of anilines is 3. The Kier molecular flexibility index (Phi) is 8.17. The topological polar surface area (TPSA) is 21.3 Å². The second-order valence-corrected chi connectivity index (χ2v) is 15.6. The molecule has 0 bridgehead atoms. The molecule has 286 valence electrons. The Hall–Kier alpha value is -8.14. The highest BCUT2D eigenvalue weighted by atomic mass is 16.3. The molecule has 0 aliphatic carbocycles. The van der Waals surface area contributed by atoms with Crippen molar-refractivity contribution in [2.45, 2.75) is 0 Å². The Balaban J connectivity index is 0.992. The van der Waals surface area contributed by atoms with E-state index in [1.807, 2.05) is 12.1 Å². The highest BCUT2D eigenvalue weighted by Gasteiger charge is 2.20. The molecule has 0 fully saturated rings. The molecule has 0 spiro atoms. The van der Waals surface area contributed by atoms with Crippen LogP contribution in [0.1, 0.15) is 0 Å². The minimum Gasteiger partial charge on any atom is -0.455 e. The van der Waals surface area contributed by atoms with Gasteiger partial charge in [0.1, 0.15) is 11.2 Å². The van der Waals surface area contributed by atoms with Crippen LogP contribution in [0.3, 0.4) is 0 Å². The first-order valence-electron chi connectivity index (χ1n) is 20.8. The molecule has 12 rings (SSSR count). The Morgan fingerprint density at radius 3 is 1.72 bits per heavy atom. The van der Waals surface area contributed by atoms with Gasteiger partial charge in [0.05, 0.1) is 22.4 Å². The highest BCUT2D eigenvalue weighted by molar-refractivity contribution is 6.11. The van der Waals surface area contributed by atoms with Crippen LogP contribution in [-0.2, 0) is 0 Å². The van der Waals surface area contributed by atoms with E-state index in [0.29, 0.717) is 0 Å². The van der Waals surface area contributed by atoms with Gasteiger partial charge in [0.2, 0.25) is 0 Å². The third-order valence-electron chi connectivity index (χ3n) is 12.2. The van der Waals surface area contributed by atoms with Crippen molar-refractivity contribution in [3.63, 3.8) is 0 Å². The maximum Gasteiger partial charge on any atom is 0.143 e. The molecular formula is C58H38N2O. The monoisotopic (exact) mass is 778 g/mol. The van der Waals surface area contributed by atoms with Crippen LogP contribution in [0.2, 0.25) is 0 Å². The third kappa shape index (κ3) is 5.74. The van der Waals surface area contributed by atoms with Crippen LogP contribution in [0.4, 0.5) is 17.1 Å². The number of furan rings is 1. The second kappa shape index (κ2) is 14.3. The molecule has 0 amide bonds. The molecule has 2 heterocycles. The third-order valence-corrected chi connectivity index (χ3v) is 12.2. The predicted molar refractivity (Wildman–Crippen MR) is 257 cm³/mol. The number of para-hydroxylation sites is 5. The predicted octanol–water partition coefficient (Wildman–Crippen LogP) is 16.3. The second-order valence-electron chi connectivity index (χ2n) is 15.6. The fraction of sp³-hybridized carbons (Fsp3) is 0. The van der Waals surface area contributed by atoms with E-state index in [2.05, 4.69) is 228 Å². The van der Waals surface area contributed by atoms with Crippen molar-refractivity contribution < 1.29 is 4.42 Å². The van der Waals surface area contributed by atoms with E-state index < -0.39 is 0 Å². The SMILES string of the molecule is c1cc(-c2cccc3c2oc2ccccc23)cc(N(c2ccc(-c3ccccc3-c3ccccc3-n3c4ccccc4c4ccccc43)cc2)c2cccc3ccccc23)c1. The van der Waals surface area contributed by atoms with Crippen molar-refractivity contribution in [3.05, 3.63) is 231 Å². The fourth-order valence-corrected chi connectivity index (χ4v) is 9.46. The summed E-state index contributed by atoms with van der Waals surface area (Å²) in [7, 11) is 0. The molecule has 0 aliphatic rings. The molecule has 2 aromatic heterocycles. The van der Waals surface area contributed by atoms with Crippen molar-refractivity contribution in [3.8, 4) is 39.1 Å². The van der Waals surface area contributed by atoms with Crippen molar-refractivity contribution in [1.29, 1.82) is 0 Å². The van der Waals surface area contributed by atoms with Gasteiger partial charge < -0.3 is 13.9 Å². The van der Waals surface area contributed by atoms with Gasteiger partial charge in [0.25, 0.3) is 0 Å². The van der Waals surface area contributed by atoms with Crippen LogP contribution in [-0.4, -0.2) is 4.57 Å². The maximum atomic E-state index is 6.51. The Morgan fingerprint density at radius 1 is 0.344 bits per heavy atom. The van der Waals surface area contributed by atoms with E-state index >= 15 is 0 Å². The van der Waals surface area contributed by atoms with Crippen LogP contribution in [0, 0.1) is 0 Å². The first-order chi connectivity index (χ1) is 30.3. The smallest absolute Gasteiger partial charge is 0.143 e. The van der Waals surface area contributed by atoms with Gasteiger partial charge in [0.15, 0.2) is 0 Å². The number of fused-ring (bicyclic) bond motifs is 7. The summed E-state index contributed by atoms with van der Waals surface area (Å²) in [5.74, 6) is 0. The lowest BCUT2D eigenvalue weighted by Crippen LogP contribution is -2.10. The lowest BCUT2D eigenvalue weighted by Gasteiger charge is -2.27. The fourth-order valence-electron chi connectivity index (χ4n) is 9.46. The highest BCUT2D eigenvalue weighted by Crippen LogP contribution is 2.44. The lowest BCUT2D eigenvalue weighted by atomic mass is 9.93. The van der Waals surface area contributed by atoms with E-state index in [0.717, 1.165) is 61.4 Å². The molecule has 0 atom stereocenters. The standard InChI is InChI=1S/C58H38N2O/c1-2-21-45-39(16-1)17-14-32-53(45)59(43-19-13-18-41(38-43)46-27-15-28-52-51-26-8-12-33-57(51)61-58(46)52)42-36-34-40(35-37-42)44-20-3-4-22-47(44)48-23-5-9-29-54(48)60-55-30-10-6-24-49(55)50-25-7-11-31-56(50)60/h1-38H. The average molecular weight is 779 g/mol. The van der Waals surface area contributed by atoms with E-state index in [-0.39, 0.29) is 0 Å². The summed E-state index contributed by atoms with van der Waals surface area (Å²) in [4.78, 5) is 2.39. The van der Waals surface area contributed by atoms with Gasteiger partial charge >= 0.3 is 0 Å². The molecular weight excluding hydrogens is 741 g/mol. The number of hydrogen-bond donors (Lipinski definition) is 0. The molecule has 61 heavy (non-hydrogen) atoms. The van der Waals surface area contributed by atoms with Gasteiger partial charge in [-0.2, -0.15) is 0 Å². The lowest BCUT2D eigenvalue weighted by molar-refractivity contribution is 0.670. The minimum absolute atomic E-state index is 0.898. The maximum absolute atomic E-state index is 6.51. The van der Waals surface area contributed by atoms with Crippen LogP contribution in [0.15, 0.2) is 235 Å². The van der Waals surface area contributed by atoms with Crippen molar-refractivity contribution in [2.75, 3.05) is 4.90 Å². The zero-order chi connectivity index (χ0) is 40.3. The molecule has 0 aliphatic heterocycles. The molecule has 0 radical (unpaired) electrons. The number of aromatic nitrogens is 1. The van der Waals surface area contributed by atoms with Gasteiger partial charge in [-0.1, -0.05) is 176 Å². The number of benzene rings is 10. The first-order valence-corrected chi connectivity index (χ1v) is 20.8. The van der Waals surface area contributed by atoms with Crippen molar-refractivity contribution in [1.82, 2.24) is 4.57 Å². The van der Waals surface area contributed by atoms with Gasteiger partial charge in [-0.25, -0.2) is 0 Å². The van der Waals surface area contributed by atoms with E-state index in [1.54, 1.807) is 0 Å². The zero-order valence-electron chi connectivity index (χ0n) is 33.2. The van der Waals surface area contributed by atoms with Crippen LogP contribution in [0.25, 0.3) is 93.6 Å². The van der Waals surface area contributed by atoms with Gasteiger partial charge in [-0.15, -0.1) is 0 Å². The summed E-state index contributed by atoms with van der Waals surface area (Å²) in [5.41, 5.74) is 15.5. The van der Waals surface area contributed by atoms with Crippen molar-refractivity contribution in [2.24, 2.45) is 0 Å². The largest absolute Gasteiger partial charge is 0.455 e. The van der Waals surface area contributed by atoms with Gasteiger partial charge in [0, 0.05) is 49.4 Å². The zero-order valence-corrected chi connectivity index (χ0v) is 33.2. The number of hydrogen-bond acceptors (Lipinski definition) is 2. The Labute approximate surface area is 353 Å². The molecule has 0 saturated carbocycles. The van der Waals surface area contributed by atoms with Crippen molar-refractivity contribution >= 4 is 71.6 Å². The molecule has 10 aromatic carbocycles. The number of nitrogens with zero attached hydrogens (tertiary/aromatic N) is 2. The molecule has 12 aromatic rings. The number of rotatable bonds is 7. The normalized spacial score (nSPS) is 11.6. The molecule has 3 heteroatoms. The summed E-state index contributed by atoms with van der Waals surface area (Å²) in [6, 6.07) is 82.9. The first kappa shape index (κ1) is 34.9. The van der Waals surface area contributed by atoms with Crippen LogP contribution < -0.4 is 4.90 Å². The summed E-state index contributed by atoms with van der Waals surface area (Å²) in [5, 5.41) is 7.14. The summed E-state index contributed by atoms with van der Waals surface area (Å²) >= 11 is 0. The molecule has 3 nitrogen and oxygen atoms in total. The quantitative estimate of drug-likeness (QED) is 0.161. The average Bonchev–Trinajstić information content (AvgIpc) is 3.88. The Bertz CT molecular complexity index is 3550. The van der Waals surface area contributed by atoms with Gasteiger partial charge in [-0.3, -0.25) is 0 Å². The van der Waals surface area contributed by atoms with E-state index in [9.17, 15) is 0 Å². The minimum atomic E-state index is 0.898. The summed E-state index contributed by atoms with van der Waals surface area (Å²) in [6.07, 6.45) is 0. The van der Waals surface area contributed by atoms with Gasteiger partial charge in [-0.05, 0) is 82.2 Å². The molecule has 0 N–H and O–H groups in total. The Morgan fingerprint density at radius 2 is 0.918 bits per heavy atom. The summed E-state index contributed by atoms with van der Waals surface area (Å²) < 4.78 is 8.93.